The molecule has 1 radical (unpaired) electrons. The third-order valence-corrected chi connectivity index (χ3v) is 7.75. The van der Waals surface area contributed by atoms with Crippen molar-refractivity contribution in [1.29, 1.82) is 0 Å². The van der Waals surface area contributed by atoms with Gasteiger partial charge in [-0.25, -0.2) is 0 Å². The van der Waals surface area contributed by atoms with Crippen molar-refractivity contribution < 1.29 is 36.6 Å². The smallest absolute Gasteiger partial charge is 0.550 e. The topological polar surface area (TPSA) is 80.3 Å². The zero-order valence-corrected chi connectivity index (χ0v) is 17.4. The van der Waals surface area contributed by atoms with Crippen LogP contribution in [0.5, 0.6) is 0 Å². The average Bonchev–Trinajstić information content (AvgIpc) is 2.67. The molecule has 0 aliphatic heterocycles. The zero-order valence-electron chi connectivity index (χ0n) is 16.3. The number of hydrogen-bond donors (Lipinski definition) is 0. The molecule has 0 N–H and O–H groups in total. The summed E-state index contributed by atoms with van der Waals surface area (Å²) in [5, 5.41) is 21.8. The summed E-state index contributed by atoms with van der Waals surface area (Å²) in [6.45, 7) is 0. The van der Waals surface area contributed by atoms with Gasteiger partial charge in [-0.1, -0.05) is 64.2 Å². The van der Waals surface area contributed by atoms with Crippen LogP contribution in [-0.4, -0.2) is 11.9 Å². The molecule has 4 fully saturated rings. The van der Waals surface area contributed by atoms with E-state index in [1.807, 2.05) is 0 Å². The van der Waals surface area contributed by atoms with Crippen molar-refractivity contribution in [2.45, 2.75) is 89.9 Å². The van der Waals surface area contributed by atoms with Crippen LogP contribution in [0.1, 0.15) is 89.9 Å². The van der Waals surface area contributed by atoms with Crippen LogP contribution in [0.3, 0.4) is 0 Å². The minimum atomic E-state index is -0.795. The van der Waals surface area contributed by atoms with Gasteiger partial charge in [0.05, 0.1) is 0 Å². The van der Waals surface area contributed by atoms with Crippen molar-refractivity contribution in [3.8, 4) is 0 Å². The Morgan fingerprint density at radius 1 is 0.519 bits per heavy atom. The molecule has 4 aliphatic rings. The zero-order chi connectivity index (χ0) is 18.5. The third kappa shape index (κ3) is 5.72. The molecule has 4 aliphatic carbocycles. The van der Waals surface area contributed by atoms with E-state index in [1.165, 1.54) is 51.4 Å². The minimum absolute atomic E-state index is 0. The van der Waals surface area contributed by atoms with E-state index < -0.39 is 11.9 Å². The Morgan fingerprint density at radius 3 is 1.22 bits per heavy atom. The standard InChI is InChI=1S/2C11H18O2.Co/c2*12-11(13)10-7-3-5-8-4-1-2-6-9(8)10;/h2*8-10H,1-7H2,(H,12,13);/q;;+2/p-2. The van der Waals surface area contributed by atoms with Gasteiger partial charge in [0.1, 0.15) is 0 Å². The van der Waals surface area contributed by atoms with Gasteiger partial charge in [0.15, 0.2) is 0 Å². The summed E-state index contributed by atoms with van der Waals surface area (Å²) in [5.41, 5.74) is 0. The van der Waals surface area contributed by atoms with Gasteiger partial charge in [-0.15, -0.1) is 0 Å². The molecule has 155 valence electrons. The van der Waals surface area contributed by atoms with Gasteiger partial charge in [0, 0.05) is 23.8 Å². The molecule has 4 nitrogen and oxygen atoms in total. The maximum absolute atomic E-state index is 10.9. The summed E-state index contributed by atoms with van der Waals surface area (Å²) in [4.78, 5) is 21.8. The first kappa shape index (κ1) is 22.7. The molecule has 0 aromatic rings. The molecule has 0 aromatic carbocycles. The van der Waals surface area contributed by atoms with Crippen molar-refractivity contribution in [3.63, 3.8) is 0 Å². The molecule has 0 heterocycles. The monoisotopic (exact) mass is 421 g/mol. The molecule has 0 aromatic heterocycles. The normalized spacial score (nSPS) is 38.1. The van der Waals surface area contributed by atoms with Crippen LogP contribution in [0.25, 0.3) is 0 Å². The number of carbonyl (C=O) groups excluding carboxylic acids is 2. The Hall–Kier alpha value is -0.554. The first-order valence-electron chi connectivity index (χ1n) is 11.0. The van der Waals surface area contributed by atoms with Crippen molar-refractivity contribution in [3.05, 3.63) is 0 Å². The fourth-order valence-electron chi connectivity index (χ4n) is 6.46. The van der Waals surface area contributed by atoms with Crippen LogP contribution in [0.2, 0.25) is 0 Å². The predicted octanol–water partition coefficient (Wildman–Crippen LogP) is 2.68. The third-order valence-electron chi connectivity index (χ3n) is 7.75. The number of carboxylic acids is 2. The number of carbonyl (C=O) groups is 2. The van der Waals surface area contributed by atoms with E-state index in [0.717, 1.165) is 38.5 Å². The Labute approximate surface area is 174 Å². The maximum Gasteiger partial charge on any atom is 2.00 e. The number of carboxylic acid groups (broad SMARTS) is 2. The molecule has 5 heteroatoms. The molecular weight excluding hydrogens is 387 g/mol. The first-order chi connectivity index (χ1) is 12.6. The van der Waals surface area contributed by atoms with Gasteiger partial charge >= 0.3 is 16.8 Å². The molecule has 6 unspecified atom stereocenters. The van der Waals surface area contributed by atoms with E-state index in [-0.39, 0.29) is 28.6 Å². The van der Waals surface area contributed by atoms with Crippen molar-refractivity contribution in [2.24, 2.45) is 35.5 Å². The quantitative estimate of drug-likeness (QED) is 0.687. The fourth-order valence-corrected chi connectivity index (χ4v) is 6.46. The van der Waals surface area contributed by atoms with E-state index in [9.17, 15) is 19.8 Å². The molecule has 27 heavy (non-hydrogen) atoms. The van der Waals surface area contributed by atoms with E-state index in [0.29, 0.717) is 23.7 Å². The Bertz CT molecular complexity index is 447. The van der Waals surface area contributed by atoms with Crippen LogP contribution in [0.4, 0.5) is 0 Å². The van der Waals surface area contributed by atoms with Crippen LogP contribution in [0, 0.1) is 35.5 Å². The SMILES string of the molecule is O=C([O-])C1CCCC2CCCCC21.O=C([O-])C1CCCC2CCCCC21.[Co+2]. The number of fused-ring (bicyclic) bond motifs is 2. The van der Waals surface area contributed by atoms with Crippen molar-refractivity contribution in [1.82, 2.24) is 0 Å². The predicted molar refractivity (Wildman–Crippen MR) is 95.6 cm³/mol. The van der Waals surface area contributed by atoms with Crippen LogP contribution in [-0.2, 0) is 26.4 Å². The van der Waals surface area contributed by atoms with Gasteiger partial charge in [-0.3, -0.25) is 0 Å². The molecule has 6 atom stereocenters. The van der Waals surface area contributed by atoms with Crippen LogP contribution in [0.15, 0.2) is 0 Å². The summed E-state index contributed by atoms with van der Waals surface area (Å²) >= 11 is 0. The summed E-state index contributed by atoms with van der Waals surface area (Å²) in [5.74, 6) is 0.460. The first-order valence-corrected chi connectivity index (χ1v) is 11.0. The van der Waals surface area contributed by atoms with Crippen LogP contribution >= 0.6 is 0 Å². The summed E-state index contributed by atoms with van der Waals surface area (Å²) in [6, 6.07) is 0. The summed E-state index contributed by atoms with van der Waals surface area (Å²) in [6.07, 6.45) is 16.3. The van der Waals surface area contributed by atoms with E-state index >= 15 is 0 Å². The summed E-state index contributed by atoms with van der Waals surface area (Å²) in [7, 11) is 0. The molecule has 0 spiro atoms. The Morgan fingerprint density at radius 2 is 0.852 bits per heavy atom. The molecule has 4 saturated carbocycles. The fraction of sp³-hybridized carbons (Fsp3) is 0.909. The molecule has 4 rings (SSSR count). The average molecular weight is 421 g/mol. The van der Waals surface area contributed by atoms with Crippen molar-refractivity contribution in [2.75, 3.05) is 0 Å². The largest absolute Gasteiger partial charge is 2.00 e. The number of aliphatic carboxylic acids is 2. The van der Waals surface area contributed by atoms with Gasteiger partial charge in [-0.05, 0) is 49.4 Å². The Kier molecular flexibility index (Phi) is 9.13. The molecule has 0 saturated heterocycles. The van der Waals surface area contributed by atoms with Gasteiger partial charge < -0.3 is 19.8 Å². The minimum Gasteiger partial charge on any atom is -0.550 e. The molecular formula is C22H34CoO4. The van der Waals surface area contributed by atoms with Crippen LogP contribution < -0.4 is 10.2 Å². The molecule has 0 bridgehead atoms. The Balaban J connectivity index is 0.000000187. The van der Waals surface area contributed by atoms with E-state index in [2.05, 4.69) is 0 Å². The van der Waals surface area contributed by atoms with Gasteiger partial charge in [0.2, 0.25) is 0 Å². The van der Waals surface area contributed by atoms with E-state index in [1.54, 1.807) is 0 Å². The summed E-state index contributed by atoms with van der Waals surface area (Å²) < 4.78 is 0. The van der Waals surface area contributed by atoms with Gasteiger partial charge in [-0.2, -0.15) is 0 Å². The number of hydrogen-bond acceptors (Lipinski definition) is 4. The molecule has 0 amide bonds. The second-order valence-corrected chi connectivity index (χ2v) is 9.13. The second kappa shape index (κ2) is 10.8. The number of rotatable bonds is 2. The maximum atomic E-state index is 10.9. The second-order valence-electron chi connectivity index (χ2n) is 9.13. The van der Waals surface area contributed by atoms with Crippen molar-refractivity contribution >= 4 is 11.9 Å². The van der Waals surface area contributed by atoms with Gasteiger partial charge in [0.25, 0.3) is 0 Å². The van der Waals surface area contributed by atoms with E-state index in [4.69, 9.17) is 0 Å².